The Hall–Kier alpha value is -1.84. The molecule has 0 aromatic carbocycles. The minimum Gasteiger partial charge on any atom is -0.481 e. The maximum absolute atomic E-state index is 11.3. The summed E-state index contributed by atoms with van der Waals surface area (Å²) in [6.07, 6.45) is 3.21. The first kappa shape index (κ1) is 7.79. The highest BCUT2D eigenvalue weighted by Crippen LogP contribution is 2.12. The molecule has 0 aliphatic carbocycles. The van der Waals surface area contributed by atoms with Crippen molar-refractivity contribution >= 4 is 10.8 Å². The van der Waals surface area contributed by atoms with Gasteiger partial charge in [-0.25, -0.2) is 4.98 Å². The summed E-state index contributed by atoms with van der Waals surface area (Å²) in [6.45, 7) is 0. The van der Waals surface area contributed by atoms with E-state index in [1.807, 2.05) is 0 Å². The number of methoxy groups -OCH3 is 1. The van der Waals surface area contributed by atoms with Gasteiger partial charge in [-0.3, -0.25) is 4.79 Å². The van der Waals surface area contributed by atoms with Crippen LogP contribution in [0.15, 0.2) is 29.3 Å². The minimum atomic E-state index is -0.127. The summed E-state index contributed by atoms with van der Waals surface area (Å²) < 4.78 is 4.91. The van der Waals surface area contributed by atoms with E-state index in [9.17, 15) is 4.79 Å². The molecule has 0 spiro atoms. The van der Waals surface area contributed by atoms with Gasteiger partial charge < -0.3 is 9.72 Å². The fourth-order valence-electron chi connectivity index (χ4n) is 1.17. The molecule has 0 amide bonds. The molecular formula is C9H8N2O2. The molecule has 2 aromatic rings. The molecule has 0 fully saturated rings. The molecule has 0 unspecified atom stereocenters. The van der Waals surface area contributed by atoms with Crippen molar-refractivity contribution in [3.8, 4) is 5.88 Å². The number of ether oxygens (including phenoxy) is 1. The molecule has 0 saturated carbocycles. The zero-order chi connectivity index (χ0) is 9.26. The molecule has 1 N–H and O–H groups in total. The highest BCUT2D eigenvalue weighted by molar-refractivity contribution is 5.81. The van der Waals surface area contributed by atoms with Crippen LogP contribution in [0.3, 0.4) is 0 Å². The van der Waals surface area contributed by atoms with Crippen molar-refractivity contribution in [1.82, 2.24) is 9.97 Å². The van der Waals surface area contributed by atoms with Crippen LogP contribution in [0.1, 0.15) is 0 Å². The standard InChI is InChI=1S/C9H8N2O2/c1-13-8-4-7-6(5-11-8)2-3-10-9(7)12/h2-5H,1H3,(H,10,12). The summed E-state index contributed by atoms with van der Waals surface area (Å²) >= 11 is 0. The van der Waals surface area contributed by atoms with E-state index in [1.54, 1.807) is 24.5 Å². The SMILES string of the molecule is COc1cc2c(=O)[nH]ccc2cn1. The predicted octanol–water partition coefficient (Wildman–Crippen LogP) is 0.932. The fourth-order valence-corrected chi connectivity index (χ4v) is 1.17. The predicted molar refractivity (Wildman–Crippen MR) is 48.9 cm³/mol. The van der Waals surface area contributed by atoms with Gasteiger partial charge in [-0.2, -0.15) is 0 Å². The average molecular weight is 176 g/mol. The zero-order valence-corrected chi connectivity index (χ0v) is 7.07. The number of fused-ring (bicyclic) bond motifs is 1. The highest BCUT2D eigenvalue weighted by atomic mass is 16.5. The largest absolute Gasteiger partial charge is 0.481 e. The number of H-pyrrole nitrogens is 1. The summed E-state index contributed by atoms with van der Waals surface area (Å²) in [7, 11) is 1.52. The highest BCUT2D eigenvalue weighted by Gasteiger charge is 1.99. The van der Waals surface area contributed by atoms with E-state index in [2.05, 4.69) is 9.97 Å². The van der Waals surface area contributed by atoms with Crippen molar-refractivity contribution in [2.24, 2.45) is 0 Å². The second-order valence-corrected chi connectivity index (χ2v) is 2.62. The molecule has 0 atom stereocenters. The van der Waals surface area contributed by atoms with Crippen molar-refractivity contribution in [1.29, 1.82) is 0 Å². The molecule has 4 nitrogen and oxygen atoms in total. The van der Waals surface area contributed by atoms with Gasteiger partial charge in [0.15, 0.2) is 0 Å². The lowest BCUT2D eigenvalue weighted by molar-refractivity contribution is 0.398. The van der Waals surface area contributed by atoms with Crippen molar-refractivity contribution in [2.45, 2.75) is 0 Å². The van der Waals surface area contributed by atoms with Gasteiger partial charge in [0, 0.05) is 23.8 Å². The maximum atomic E-state index is 11.3. The van der Waals surface area contributed by atoms with E-state index in [0.29, 0.717) is 11.3 Å². The Kier molecular flexibility index (Phi) is 1.73. The van der Waals surface area contributed by atoms with Gasteiger partial charge in [0.25, 0.3) is 5.56 Å². The molecule has 0 aliphatic rings. The van der Waals surface area contributed by atoms with Crippen LogP contribution >= 0.6 is 0 Å². The molecule has 0 saturated heterocycles. The molecule has 2 heterocycles. The molecule has 0 bridgehead atoms. The Bertz CT molecular complexity index is 490. The van der Waals surface area contributed by atoms with E-state index in [-0.39, 0.29) is 5.56 Å². The number of rotatable bonds is 1. The van der Waals surface area contributed by atoms with Gasteiger partial charge in [-0.15, -0.1) is 0 Å². The van der Waals surface area contributed by atoms with Gasteiger partial charge in [0.05, 0.1) is 12.5 Å². The lowest BCUT2D eigenvalue weighted by Crippen LogP contribution is -2.04. The summed E-state index contributed by atoms with van der Waals surface area (Å²) in [5, 5.41) is 1.40. The van der Waals surface area contributed by atoms with E-state index >= 15 is 0 Å². The van der Waals surface area contributed by atoms with E-state index in [4.69, 9.17) is 4.74 Å². The Labute approximate surface area is 74.2 Å². The molecular weight excluding hydrogens is 168 g/mol. The third-order valence-electron chi connectivity index (χ3n) is 1.84. The Morgan fingerprint density at radius 3 is 3.15 bits per heavy atom. The van der Waals surface area contributed by atoms with Gasteiger partial charge in [-0.1, -0.05) is 0 Å². The number of aromatic nitrogens is 2. The van der Waals surface area contributed by atoms with Crippen LogP contribution < -0.4 is 10.3 Å². The molecule has 0 aliphatic heterocycles. The topological polar surface area (TPSA) is 55.0 Å². The van der Waals surface area contributed by atoms with E-state index < -0.39 is 0 Å². The normalized spacial score (nSPS) is 10.2. The molecule has 0 radical (unpaired) electrons. The number of pyridine rings is 2. The number of hydrogen-bond acceptors (Lipinski definition) is 3. The van der Waals surface area contributed by atoms with Gasteiger partial charge in [-0.05, 0) is 6.07 Å². The lowest BCUT2D eigenvalue weighted by Gasteiger charge is -1.99. The Balaban J connectivity index is 2.82. The van der Waals surface area contributed by atoms with Crippen LogP contribution in [0.25, 0.3) is 10.8 Å². The van der Waals surface area contributed by atoms with E-state index in [1.165, 1.54) is 7.11 Å². The van der Waals surface area contributed by atoms with Crippen molar-refractivity contribution in [2.75, 3.05) is 7.11 Å². The third kappa shape index (κ3) is 1.26. The molecule has 2 rings (SSSR count). The lowest BCUT2D eigenvalue weighted by atomic mass is 10.2. The fraction of sp³-hybridized carbons (Fsp3) is 0.111. The second-order valence-electron chi connectivity index (χ2n) is 2.62. The zero-order valence-electron chi connectivity index (χ0n) is 7.07. The third-order valence-corrected chi connectivity index (χ3v) is 1.84. The van der Waals surface area contributed by atoms with Crippen LogP contribution in [0.5, 0.6) is 5.88 Å². The van der Waals surface area contributed by atoms with Crippen LogP contribution in [0.4, 0.5) is 0 Å². The Morgan fingerprint density at radius 2 is 2.38 bits per heavy atom. The van der Waals surface area contributed by atoms with Gasteiger partial charge in [0.1, 0.15) is 0 Å². The molecule has 2 aromatic heterocycles. The van der Waals surface area contributed by atoms with Crippen molar-refractivity contribution in [3.05, 3.63) is 34.9 Å². The van der Waals surface area contributed by atoms with Crippen LogP contribution in [-0.2, 0) is 0 Å². The smallest absolute Gasteiger partial charge is 0.256 e. The monoisotopic (exact) mass is 176 g/mol. The quantitative estimate of drug-likeness (QED) is 0.703. The first-order valence-electron chi connectivity index (χ1n) is 3.83. The van der Waals surface area contributed by atoms with Crippen LogP contribution in [-0.4, -0.2) is 17.1 Å². The number of aromatic amines is 1. The van der Waals surface area contributed by atoms with Crippen LogP contribution in [0, 0.1) is 0 Å². The maximum Gasteiger partial charge on any atom is 0.256 e. The van der Waals surface area contributed by atoms with Gasteiger partial charge >= 0.3 is 0 Å². The summed E-state index contributed by atoms with van der Waals surface area (Å²) in [5.41, 5.74) is -0.127. The number of hydrogen-bond donors (Lipinski definition) is 1. The second kappa shape index (κ2) is 2.90. The van der Waals surface area contributed by atoms with Crippen LogP contribution in [0.2, 0.25) is 0 Å². The number of nitrogens with one attached hydrogen (secondary N) is 1. The summed E-state index contributed by atoms with van der Waals surface area (Å²) in [6, 6.07) is 3.41. The van der Waals surface area contributed by atoms with Crippen molar-refractivity contribution < 1.29 is 4.74 Å². The summed E-state index contributed by atoms with van der Waals surface area (Å²) in [5.74, 6) is 0.448. The number of nitrogens with zero attached hydrogens (tertiary/aromatic N) is 1. The molecule has 66 valence electrons. The van der Waals surface area contributed by atoms with E-state index in [0.717, 1.165) is 5.39 Å². The van der Waals surface area contributed by atoms with Crippen molar-refractivity contribution in [3.63, 3.8) is 0 Å². The molecule has 13 heavy (non-hydrogen) atoms. The molecule has 4 heteroatoms. The minimum absolute atomic E-state index is 0.127. The van der Waals surface area contributed by atoms with Gasteiger partial charge in [0.2, 0.25) is 5.88 Å². The first-order chi connectivity index (χ1) is 6.31. The first-order valence-corrected chi connectivity index (χ1v) is 3.83. The summed E-state index contributed by atoms with van der Waals surface area (Å²) in [4.78, 5) is 17.9. The average Bonchev–Trinajstić information content (AvgIpc) is 2.18. The Morgan fingerprint density at radius 1 is 1.54 bits per heavy atom.